The van der Waals surface area contributed by atoms with Gasteiger partial charge in [0.1, 0.15) is 5.82 Å². The Hall–Kier alpha value is -2.66. The lowest BCUT2D eigenvalue weighted by atomic mass is 10.0. The summed E-state index contributed by atoms with van der Waals surface area (Å²) in [4.78, 5) is 11.4. The summed E-state index contributed by atoms with van der Waals surface area (Å²) in [6, 6.07) is 10.5. The Balaban J connectivity index is 2.43. The van der Waals surface area contributed by atoms with Gasteiger partial charge in [-0.1, -0.05) is 29.8 Å². The minimum atomic E-state index is -0.788. The summed E-state index contributed by atoms with van der Waals surface area (Å²) in [5.74, 6) is -1.46. The monoisotopic (exact) mass is 317 g/mol. The van der Waals surface area contributed by atoms with Crippen molar-refractivity contribution in [1.82, 2.24) is 0 Å². The van der Waals surface area contributed by atoms with E-state index in [4.69, 9.17) is 28.5 Å². The number of allylic oxidation sites excluding steroid dienone is 1. The fourth-order valence-corrected chi connectivity index (χ4v) is 2.09. The fourth-order valence-electron chi connectivity index (χ4n) is 1.96. The number of carbonyl (C=O) groups is 1. The summed E-state index contributed by atoms with van der Waals surface area (Å²) in [7, 11) is 0. The Bertz CT molecular complexity index is 769. The van der Waals surface area contributed by atoms with Crippen LogP contribution in [-0.2, 0) is 0 Å². The maximum Gasteiger partial charge on any atom is 0.249 e. The number of halogens is 2. The molecule has 0 atom stereocenters. The molecule has 0 unspecified atom stereocenters. The predicted molar refractivity (Wildman–Crippen MR) is 85.4 cm³/mol. The van der Waals surface area contributed by atoms with Gasteiger partial charge in [0.2, 0.25) is 5.91 Å². The molecular weight excluding hydrogens is 305 g/mol. The van der Waals surface area contributed by atoms with Gasteiger partial charge in [-0.2, -0.15) is 0 Å². The molecule has 0 aliphatic carbocycles. The van der Waals surface area contributed by atoms with Crippen LogP contribution >= 0.6 is 11.6 Å². The van der Waals surface area contributed by atoms with E-state index in [9.17, 15) is 9.18 Å². The fraction of sp³-hybridized carbons (Fsp3) is 0. The zero-order valence-corrected chi connectivity index (χ0v) is 12.2. The smallest absolute Gasteiger partial charge is 0.249 e. The van der Waals surface area contributed by atoms with Crippen molar-refractivity contribution in [1.29, 1.82) is 5.41 Å². The molecule has 2 rings (SSSR count). The average molecular weight is 318 g/mol. The highest BCUT2D eigenvalue weighted by Crippen LogP contribution is 2.20. The minimum absolute atomic E-state index is 0.0299. The third-order valence-corrected chi connectivity index (χ3v) is 3.27. The van der Waals surface area contributed by atoms with E-state index in [1.807, 2.05) is 0 Å². The molecule has 0 bridgehead atoms. The zero-order valence-electron chi connectivity index (χ0n) is 11.4. The zero-order chi connectivity index (χ0) is 16.3. The summed E-state index contributed by atoms with van der Waals surface area (Å²) in [6.45, 7) is 0. The van der Waals surface area contributed by atoms with Gasteiger partial charge in [0.15, 0.2) is 0 Å². The van der Waals surface area contributed by atoms with Crippen LogP contribution in [0.5, 0.6) is 0 Å². The van der Waals surface area contributed by atoms with Gasteiger partial charge in [0, 0.05) is 16.3 Å². The number of primary amides is 1. The Kier molecular flexibility index (Phi) is 4.58. The summed E-state index contributed by atoms with van der Waals surface area (Å²) < 4.78 is 14.0. The minimum Gasteiger partial charge on any atom is -0.398 e. The number of amides is 1. The van der Waals surface area contributed by atoms with E-state index in [0.29, 0.717) is 10.6 Å². The summed E-state index contributed by atoms with van der Waals surface area (Å²) >= 11 is 5.78. The van der Waals surface area contributed by atoms with E-state index in [0.717, 1.165) is 0 Å². The average Bonchev–Trinajstić information content (AvgIpc) is 2.47. The Morgan fingerprint density at radius 1 is 1.14 bits per heavy atom. The number of hydrogen-bond acceptors (Lipinski definition) is 3. The molecule has 4 nitrogen and oxygen atoms in total. The van der Waals surface area contributed by atoms with Crippen molar-refractivity contribution in [2.45, 2.75) is 0 Å². The summed E-state index contributed by atoms with van der Waals surface area (Å²) in [5, 5.41) is 8.53. The van der Waals surface area contributed by atoms with Crippen LogP contribution in [0.25, 0.3) is 5.70 Å². The molecule has 0 spiro atoms. The molecule has 0 aliphatic rings. The van der Waals surface area contributed by atoms with Gasteiger partial charge in [-0.25, -0.2) is 4.39 Å². The lowest BCUT2D eigenvalue weighted by Crippen LogP contribution is -2.16. The van der Waals surface area contributed by atoms with Crippen LogP contribution in [0.1, 0.15) is 21.5 Å². The maximum atomic E-state index is 14.0. The van der Waals surface area contributed by atoms with Crippen LogP contribution < -0.4 is 11.5 Å². The third-order valence-electron chi connectivity index (χ3n) is 3.02. The first kappa shape index (κ1) is 15.7. The largest absolute Gasteiger partial charge is 0.398 e. The maximum absolute atomic E-state index is 14.0. The van der Waals surface area contributed by atoms with Crippen LogP contribution in [0.2, 0.25) is 5.02 Å². The number of nitrogens with one attached hydrogen (secondary N) is 1. The van der Waals surface area contributed by atoms with E-state index < -0.39 is 11.7 Å². The van der Waals surface area contributed by atoms with Crippen molar-refractivity contribution in [3.05, 3.63) is 76.1 Å². The first-order chi connectivity index (χ1) is 10.4. The van der Waals surface area contributed by atoms with Gasteiger partial charge in [-0.15, -0.1) is 0 Å². The second-order valence-electron chi connectivity index (χ2n) is 4.55. The molecule has 5 N–H and O–H groups in total. The molecule has 0 saturated carbocycles. The SMILES string of the molecule is N=C(C=C(N)c1c(F)cccc1C(N)=O)c1ccc(Cl)cc1. The highest BCUT2D eigenvalue weighted by Gasteiger charge is 2.15. The van der Waals surface area contributed by atoms with Gasteiger partial charge >= 0.3 is 0 Å². The molecule has 2 aromatic carbocycles. The van der Waals surface area contributed by atoms with Crippen LogP contribution in [0, 0.1) is 11.2 Å². The molecule has 2 aromatic rings. The highest BCUT2D eigenvalue weighted by molar-refractivity contribution is 6.30. The van der Waals surface area contributed by atoms with Crippen molar-refractivity contribution >= 4 is 28.9 Å². The van der Waals surface area contributed by atoms with Crippen molar-refractivity contribution in [2.75, 3.05) is 0 Å². The molecular formula is C16H13ClFN3O. The van der Waals surface area contributed by atoms with E-state index in [1.165, 1.54) is 24.3 Å². The van der Waals surface area contributed by atoms with E-state index in [-0.39, 0.29) is 22.5 Å². The second kappa shape index (κ2) is 6.41. The lowest BCUT2D eigenvalue weighted by Gasteiger charge is -2.09. The number of hydrogen-bond donors (Lipinski definition) is 3. The standard InChI is InChI=1S/C16H13ClFN3O/c17-10-6-4-9(5-7-10)13(19)8-14(20)15-11(16(21)22)2-1-3-12(15)18/h1-8,19H,20H2,(H2,21,22). The molecule has 22 heavy (non-hydrogen) atoms. The molecule has 0 radical (unpaired) electrons. The topological polar surface area (TPSA) is 93.0 Å². The molecule has 0 heterocycles. The number of benzene rings is 2. The van der Waals surface area contributed by atoms with Crippen LogP contribution in [0.4, 0.5) is 4.39 Å². The van der Waals surface area contributed by atoms with Gasteiger partial charge < -0.3 is 16.9 Å². The molecule has 1 amide bonds. The highest BCUT2D eigenvalue weighted by atomic mass is 35.5. The number of carbonyl (C=O) groups excluding carboxylic acids is 1. The molecule has 0 aliphatic heterocycles. The number of rotatable bonds is 4. The molecule has 112 valence electrons. The summed E-state index contributed by atoms with van der Waals surface area (Å²) in [5.41, 5.74) is 11.5. The van der Waals surface area contributed by atoms with Crippen molar-refractivity contribution in [2.24, 2.45) is 11.5 Å². The van der Waals surface area contributed by atoms with E-state index in [1.54, 1.807) is 24.3 Å². The van der Waals surface area contributed by atoms with Crippen molar-refractivity contribution in [3.8, 4) is 0 Å². The quantitative estimate of drug-likeness (QED) is 0.756. The Morgan fingerprint density at radius 3 is 2.36 bits per heavy atom. The number of nitrogens with two attached hydrogens (primary N) is 2. The van der Waals surface area contributed by atoms with Crippen molar-refractivity contribution in [3.63, 3.8) is 0 Å². The molecule has 6 heteroatoms. The van der Waals surface area contributed by atoms with Gasteiger partial charge in [0.25, 0.3) is 0 Å². The van der Waals surface area contributed by atoms with E-state index >= 15 is 0 Å². The Morgan fingerprint density at radius 2 is 1.77 bits per heavy atom. The van der Waals surface area contributed by atoms with Crippen LogP contribution in [0.3, 0.4) is 0 Å². The van der Waals surface area contributed by atoms with Gasteiger partial charge in [-0.3, -0.25) is 4.79 Å². The molecule has 0 saturated heterocycles. The van der Waals surface area contributed by atoms with Crippen molar-refractivity contribution < 1.29 is 9.18 Å². The third kappa shape index (κ3) is 3.32. The Labute approximate surface area is 131 Å². The predicted octanol–water partition coefficient (Wildman–Crippen LogP) is 2.95. The second-order valence-corrected chi connectivity index (χ2v) is 4.98. The van der Waals surface area contributed by atoms with Crippen LogP contribution in [-0.4, -0.2) is 11.6 Å². The summed E-state index contributed by atoms with van der Waals surface area (Å²) in [6.07, 6.45) is 1.27. The lowest BCUT2D eigenvalue weighted by molar-refractivity contribution is 0.0999. The van der Waals surface area contributed by atoms with E-state index in [2.05, 4.69) is 0 Å². The van der Waals surface area contributed by atoms with Crippen LogP contribution in [0.15, 0.2) is 48.5 Å². The first-order valence-electron chi connectivity index (χ1n) is 6.30. The van der Waals surface area contributed by atoms with Gasteiger partial charge in [0.05, 0.1) is 11.3 Å². The normalized spacial score (nSPS) is 11.3. The van der Waals surface area contributed by atoms with Gasteiger partial charge in [-0.05, 0) is 35.9 Å². The first-order valence-corrected chi connectivity index (χ1v) is 6.68. The molecule has 0 fully saturated rings. The molecule has 0 aromatic heterocycles.